The highest BCUT2D eigenvalue weighted by Crippen LogP contribution is 2.19. The van der Waals surface area contributed by atoms with Crippen LogP contribution < -0.4 is 0 Å². The monoisotopic (exact) mass is 256 g/mol. The number of rotatable bonds is 2. The standard InChI is InChI=1S/C13H10O2.C4H10/c14-12-9-5-4-8-11(12)13(15)10-6-2-1-3-7-10;1-4(2)3/h1-9,14H;4H,1-3H3. The lowest BCUT2D eigenvalue weighted by Crippen LogP contribution is -2.00. The van der Waals surface area contributed by atoms with Gasteiger partial charge in [-0.1, -0.05) is 63.2 Å². The molecule has 0 heterocycles. The number of benzene rings is 2. The first kappa shape index (κ1) is 15.0. The first-order valence-electron chi connectivity index (χ1n) is 6.40. The van der Waals surface area contributed by atoms with Gasteiger partial charge >= 0.3 is 0 Å². The number of para-hydroxylation sites is 1. The Morgan fingerprint density at radius 2 is 1.37 bits per heavy atom. The van der Waals surface area contributed by atoms with Crippen LogP contribution in [0, 0.1) is 5.92 Å². The van der Waals surface area contributed by atoms with E-state index in [9.17, 15) is 9.90 Å². The number of phenols is 1. The van der Waals surface area contributed by atoms with Crippen LogP contribution in [0.2, 0.25) is 0 Å². The predicted molar refractivity (Wildman–Crippen MR) is 78.5 cm³/mol. The molecule has 0 fully saturated rings. The number of phenolic OH excluding ortho intramolecular Hbond substituents is 1. The van der Waals surface area contributed by atoms with E-state index in [1.807, 2.05) is 6.07 Å². The largest absolute Gasteiger partial charge is 0.507 e. The van der Waals surface area contributed by atoms with E-state index in [2.05, 4.69) is 20.8 Å². The lowest BCUT2D eigenvalue weighted by atomic mass is 10.0. The Labute approximate surface area is 114 Å². The molecule has 0 unspecified atom stereocenters. The summed E-state index contributed by atoms with van der Waals surface area (Å²) in [5.74, 6) is 0.694. The number of hydrogen-bond donors (Lipinski definition) is 1. The maximum atomic E-state index is 11.9. The van der Waals surface area contributed by atoms with E-state index in [1.165, 1.54) is 6.07 Å². The van der Waals surface area contributed by atoms with Gasteiger partial charge in [-0.3, -0.25) is 4.79 Å². The third kappa shape index (κ3) is 4.96. The molecule has 0 saturated heterocycles. The third-order valence-electron chi connectivity index (χ3n) is 2.18. The summed E-state index contributed by atoms with van der Waals surface area (Å²) < 4.78 is 0. The molecule has 0 aromatic heterocycles. The van der Waals surface area contributed by atoms with Gasteiger partial charge in [-0.15, -0.1) is 0 Å². The summed E-state index contributed by atoms with van der Waals surface area (Å²) in [6, 6.07) is 15.5. The molecule has 19 heavy (non-hydrogen) atoms. The van der Waals surface area contributed by atoms with Gasteiger partial charge in [0.25, 0.3) is 0 Å². The molecule has 0 aliphatic rings. The molecule has 0 radical (unpaired) electrons. The summed E-state index contributed by atoms with van der Waals surface area (Å²) >= 11 is 0. The fourth-order valence-corrected chi connectivity index (χ4v) is 1.41. The first-order chi connectivity index (χ1) is 9.02. The second-order valence-corrected chi connectivity index (χ2v) is 4.94. The van der Waals surface area contributed by atoms with Crippen LogP contribution in [-0.4, -0.2) is 10.9 Å². The Bertz CT molecular complexity index is 513. The van der Waals surface area contributed by atoms with Gasteiger partial charge in [0.2, 0.25) is 0 Å². The molecule has 2 aromatic rings. The van der Waals surface area contributed by atoms with E-state index in [0.29, 0.717) is 11.1 Å². The molecular weight excluding hydrogens is 236 g/mol. The van der Waals surface area contributed by atoms with Crippen molar-refractivity contribution in [3.63, 3.8) is 0 Å². The third-order valence-corrected chi connectivity index (χ3v) is 2.18. The second-order valence-electron chi connectivity index (χ2n) is 4.94. The number of carbonyl (C=O) groups is 1. The van der Waals surface area contributed by atoms with Gasteiger partial charge in [-0.2, -0.15) is 0 Å². The summed E-state index contributed by atoms with van der Waals surface area (Å²) in [6.07, 6.45) is 0. The predicted octanol–water partition coefficient (Wildman–Crippen LogP) is 4.29. The van der Waals surface area contributed by atoms with E-state index in [1.54, 1.807) is 42.5 Å². The molecule has 0 spiro atoms. The summed E-state index contributed by atoms with van der Waals surface area (Å²) in [5, 5.41) is 9.52. The zero-order valence-electron chi connectivity index (χ0n) is 11.6. The highest BCUT2D eigenvalue weighted by atomic mass is 16.3. The number of carbonyl (C=O) groups excluding carboxylic acids is 1. The zero-order chi connectivity index (χ0) is 14.3. The molecule has 2 aromatic carbocycles. The average Bonchev–Trinajstić information content (AvgIpc) is 2.39. The van der Waals surface area contributed by atoms with Crippen LogP contribution in [0.25, 0.3) is 0 Å². The van der Waals surface area contributed by atoms with E-state index < -0.39 is 0 Å². The molecule has 0 saturated carbocycles. The quantitative estimate of drug-likeness (QED) is 0.814. The number of aromatic hydroxyl groups is 1. The van der Waals surface area contributed by atoms with Crippen LogP contribution in [0.3, 0.4) is 0 Å². The summed E-state index contributed by atoms with van der Waals surface area (Å²) in [5.41, 5.74) is 0.919. The summed E-state index contributed by atoms with van der Waals surface area (Å²) in [6.45, 7) is 6.50. The zero-order valence-corrected chi connectivity index (χ0v) is 11.6. The van der Waals surface area contributed by atoms with E-state index >= 15 is 0 Å². The van der Waals surface area contributed by atoms with E-state index in [-0.39, 0.29) is 11.5 Å². The molecule has 0 amide bonds. The lowest BCUT2D eigenvalue weighted by molar-refractivity contribution is 0.103. The fourth-order valence-electron chi connectivity index (χ4n) is 1.41. The van der Waals surface area contributed by atoms with Crippen molar-refractivity contribution in [2.45, 2.75) is 20.8 Å². The summed E-state index contributed by atoms with van der Waals surface area (Å²) in [4.78, 5) is 11.9. The van der Waals surface area contributed by atoms with E-state index in [4.69, 9.17) is 0 Å². The Hall–Kier alpha value is -2.09. The molecule has 2 rings (SSSR count). The Balaban J connectivity index is 0.000000399. The SMILES string of the molecule is CC(C)C.O=C(c1ccccc1)c1ccccc1O. The van der Waals surface area contributed by atoms with Crippen molar-refractivity contribution in [3.05, 3.63) is 65.7 Å². The second kappa shape index (κ2) is 7.37. The Morgan fingerprint density at radius 3 is 1.89 bits per heavy atom. The van der Waals surface area contributed by atoms with Crippen LogP contribution in [0.5, 0.6) is 5.75 Å². The highest BCUT2D eigenvalue weighted by molar-refractivity contribution is 6.10. The molecule has 2 heteroatoms. The molecule has 100 valence electrons. The topological polar surface area (TPSA) is 37.3 Å². The van der Waals surface area contributed by atoms with Crippen molar-refractivity contribution in [2.75, 3.05) is 0 Å². The first-order valence-corrected chi connectivity index (χ1v) is 6.40. The number of ketones is 1. The Kier molecular flexibility index (Phi) is 5.80. The molecule has 0 aliphatic carbocycles. The van der Waals surface area contributed by atoms with E-state index in [0.717, 1.165) is 5.92 Å². The van der Waals surface area contributed by atoms with Crippen molar-refractivity contribution in [2.24, 2.45) is 5.92 Å². The highest BCUT2D eigenvalue weighted by Gasteiger charge is 2.11. The molecule has 0 bridgehead atoms. The van der Waals surface area contributed by atoms with Crippen molar-refractivity contribution < 1.29 is 9.90 Å². The van der Waals surface area contributed by atoms with Gasteiger partial charge < -0.3 is 5.11 Å². The molecule has 0 atom stereocenters. The van der Waals surface area contributed by atoms with Crippen molar-refractivity contribution in [1.82, 2.24) is 0 Å². The van der Waals surface area contributed by atoms with Gasteiger partial charge in [0.15, 0.2) is 5.78 Å². The molecule has 0 aliphatic heterocycles. The van der Waals surface area contributed by atoms with Crippen molar-refractivity contribution in [3.8, 4) is 5.75 Å². The minimum Gasteiger partial charge on any atom is -0.507 e. The van der Waals surface area contributed by atoms with Gasteiger partial charge in [0.1, 0.15) is 5.75 Å². The maximum Gasteiger partial charge on any atom is 0.196 e. The minimum absolute atomic E-state index is 0.0198. The maximum absolute atomic E-state index is 11.9. The van der Waals surface area contributed by atoms with Crippen LogP contribution in [0.1, 0.15) is 36.7 Å². The number of hydrogen-bond acceptors (Lipinski definition) is 2. The molecular formula is C17H20O2. The van der Waals surface area contributed by atoms with Gasteiger partial charge in [0, 0.05) is 5.56 Å². The Morgan fingerprint density at radius 1 is 0.895 bits per heavy atom. The smallest absolute Gasteiger partial charge is 0.196 e. The average molecular weight is 256 g/mol. The lowest BCUT2D eigenvalue weighted by Gasteiger charge is -2.02. The van der Waals surface area contributed by atoms with Crippen LogP contribution >= 0.6 is 0 Å². The van der Waals surface area contributed by atoms with Gasteiger partial charge in [0.05, 0.1) is 5.56 Å². The minimum atomic E-state index is -0.159. The van der Waals surface area contributed by atoms with Gasteiger partial charge in [-0.05, 0) is 18.1 Å². The molecule has 1 N–H and O–H groups in total. The summed E-state index contributed by atoms with van der Waals surface area (Å²) in [7, 11) is 0. The van der Waals surface area contributed by atoms with Crippen LogP contribution in [0.15, 0.2) is 54.6 Å². The van der Waals surface area contributed by atoms with Gasteiger partial charge in [-0.25, -0.2) is 0 Å². The van der Waals surface area contributed by atoms with Crippen LogP contribution in [0.4, 0.5) is 0 Å². The molecule has 2 nitrogen and oxygen atoms in total. The van der Waals surface area contributed by atoms with Crippen molar-refractivity contribution in [1.29, 1.82) is 0 Å². The fraction of sp³-hybridized carbons (Fsp3) is 0.235. The van der Waals surface area contributed by atoms with Crippen LogP contribution in [-0.2, 0) is 0 Å². The normalized spacial score (nSPS) is 9.68. The van der Waals surface area contributed by atoms with Crippen molar-refractivity contribution >= 4 is 5.78 Å².